The summed E-state index contributed by atoms with van der Waals surface area (Å²) in [5.41, 5.74) is 2.15. The number of pyridine rings is 1. The molecule has 2 aromatic carbocycles. The van der Waals surface area contributed by atoms with Gasteiger partial charge < -0.3 is 24.6 Å². The van der Waals surface area contributed by atoms with Crippen molar-refractivity contribution in [1.82, 2.24) is 24.8 Å². The number of ether oxygens (including phenoxy) is 2. The lowest BCUT2D eigenvalue weighted by Crippen LogP contribution is -2.58. The molecule has 53 heavy (non-hydrogen) atoms. The number of carbonyl (C=O) groups is 3. The fourth-order valence-electron chi connectivity index (χ4n) is 7.40. The molecule has 2 N–H and O–H groups in total. The molecule has 12 nitrogen and oxygen atoms in total. The van der Waals surface area contributed by atoms with Gasteiger partial charge in [-0.25, -0.2) is 18.2 Å². The second-order valence-electron chi connectivity index (χ2n) is 14.9. The van der Waals surface area contributed by atoms with Crippen LogP contribution in [-0.4, -0.2) is 90.7 Å². The third-order valence-corrected chi connectivity index (χ3v) is 13.4. The van der Waals surface area contributed by atoms with E-state index in [0.29, 0.717) is 47.7 Å². The number of nitrogens with one attached hydrogen (secondary N) is 2. The van der Waals surface area contributed by atoms with E-state index in [4.69, 9.17) is 20.9 Å². The number of aryl methyl sites for hydroxylation is 1. The molecule has 1 aromatic heterocycles. The number of sulfonamides is 1. The minimum atomic E-state index is -3.95. The molecular formula is C40H45N5O7S. The summed E-state index contributed by atoms with van der Waals surface area (Å²) in [6.07, 6.45) is 12.6. The minimum Gasteiger partial charge on any atom is -0.496 e. The standard InChI is InChI=1S/C40H45N5O7S/c1-6-26-12-11-13-27(20-26)31-22-34(30-15-16-33(51-5)25(2)35(30)41-31)52-29-21-32-36(46)44(4)19-10-8-7-9-14-28-23-40(28,42-38(48)45(32)24-29)37(47)43-53(49,50)39(3)17-18-39/h1,9,11-16,20,22,28-29,32H,7-8,10,17-19,21,23-24H2,2-5H3,(H,42,48)(H,43,47)/b14-9+/t28-,29+,32+,40-/m1/s1. The van der Waals surface area contributed by atoms with Crippen molar-refractivity contribution in [2.45, 2.75) is 81.2 Å². The van der Waals surface area contributed by atoms with Crippen molar-refractivity contribution < 1.29 is 32.3 Å². The average Bonchev–Trinajstić information content (AvgIpc) is 4.03. The van der Waals surface area contributed by atoms with Crippen LogP contribution in [0.3, 0.4) is 0 Å². The van der Waals surface area contributed by atoms with Crippen molar-refractivity contribution in [3.05, 3.63) is 65.7 Å². The van der Waals surface area contributed by atoms with Gasteiger partial charge in [0.15, 0.2) is 0 Å². The van der Waals surface area contributed by atoms with Crippen LogP contribution in [0.1, 0.15) is 63.0 Å². The summed E-state index contributed by atoms with van der Waals surface area (Å²) in [6.45, 7) is 4.10. The molecule has 4 atom stereocenters. The van der Waals surface area contributed by atoms with Crippen molar-refractivity contribution in [3.63, 3.8) is 0 Å². The molecular weight excluding hydrogens is 695 g/mol. The minimum absolute atomic E-state index is 0.0471. The number of urea groups is 1. The Bertz CT molecular complexity index is 2180. The largest absolute Gasteiger partial charge is 0.496 e. The van der Waals surface area contributed by atoms with E-state index in [-0.39, 0.29) is 25.3 Å². The molecule has 3 fully saturated rings. The van der Waals surface area contributed by atoms with Crippen LogP contribution in [0, 0.1) is 25.2 Å². The number of terminal acetylenes is 1. The number of allylic oxidation sites excluding steroid dienone is 1. The van der Waals surface area contributed by atoms with Crippen LogP contribution in [0.4, 0.5) is 4.79 Å². The number of methoxy groups -OCH3 is 1. The van der Waals surface area contributed by atoms with Crippen LogP contribution in [0.5, 0.6) is 11.5 Å². The summed E-state index contributed by atoms with van der Waals surface area (Å²) in [5, 5.41) is 3.62. The maximum absolute atomic E-state index is 14.3. The van der Waals surface area contributed by atoms with Gasteiger partial charge in [0.2, 0.25) is 15.9 Å². The molecule has 0 bridgehead atoms. The van der Waals surface area contributed by atoms with E-state index < -0.39 is 50.3 Å². The normalized spacial score (nSPS) is 26.0. The number of carbonyl (C=O) groups excluding carboxylic acids is 3. The van der Waals surface area contributed by atoms with Crippen molar-refractivity contribution >= 4 is 38.8 Å². The number of hydrogen-bond donors (Lipinski definition) is 2. The molecule has 0 spiro atoms. The van der Waals surface area contributed by atoms with Crippen LogP contribution < -0.4 is 19.5 Å². The Morgan fingerprint density at radius 1 is 1.13 bits per heavy atom. The molecule has 0 radical (unpaired) electrons. The van der Waals surface area contributed by atoms with Crippen LogP contribution in [-0.2, 0) is 19.6 Å². The van der Waals surface area contributed by atoms with Gasteiger partial charge in [0.25, 0.3) is 5.91 Å². The van der Waals surface area contributed by atoms with Gasteiger partial charge in [-0.1, -0.05) is 30.2 Å². The summed E-state index contributed by atoms with van der Waals surface area (Å²) in [6, 6.07) is 11.6. The zero-order chi connectivity index (χ0) is 37.7. The van der Waals surface area contributed by atoms with Crippen molar-refractivity contribution in [2.24, 2.45) is 5.92 Å². The Morgan fingerprint density at radius 2 is 1.92 bits per heavy atom. The van der Waals surface area contributed by atoms with Gasteiger partial charge in [-0.15, -0.1) is 6.42 Å². The summed E-state index contributed by atoms with van der Waals surface area (Å²) < 4.78 is 39.8. The number of likely N-dealkylation sites (N-methyl/N-ethyl adjacent to an activating group) is 1. The summed E-state index contributed by atoms with van der Waals surface area (Å²) >= 11 is 0. The Labute approximate surface area is 310 Å². The van der Waals surface area contributed by atoms with Crippen molar-refractivity contribution in [2.75, 3.05) is 27.2 Å². The molecule has 3 heterocycles. The molecule has 7 rings (SSSR count). The Hall–Kier alpha value is -5.09. The predicted molar refractivity (Wildman–Crippen MR) is 201 cm³/mol. The lowest BCUT2D eigenvalue weighted by molar-refractivity contribution is -0.134. The highest BCUT2D eigenvalue weighted by Gasteiger charge is 2.63. The van der Waals surface area contributed by atoms with Gasteiger partial charge in [0, 0.05) is 54.1 Å². The molecule has 2 aliphatic heterocycles. The number of amides is 4. The first-order valence-corrected chi connectivity index (χ1v) is 19.6. The van der Waals surface area contributed by atoms with Gasteiger partial charge >= 0.3 is 6.03 Å². The lowest BCUT2D eigenvalue weighted by Gasteiger charge is -2.30. The number of hydrogen-bond acceptors (Lipinski definition) is 8. The third-order valence-electron chi connectivity index (χ3n) is 11.2. The highest BCUT2D eigenvalue weighted by Crippen LogP contribution is 2.47. The first-order valence-electron chi connectivity index (χ1n) is 18.1. The van der Waals surface area contributed by atoms with Crippen LogP contribution in [0.15, 0.2) is 54.6 Å². The molecule has 278 valence electrons. The van der Waals surface area contributed by atoms with E-state index in [1.54, 1.807) is 26.0 Å². The maximum atomic E-state index is 14.3. The number of nitrogens with zero attached hydrogens (tertiary/aromatic N) is 3. The molecule has 4 amide bonds. The van der Waals surface area contributed by atoms with E-state index in [9.17, 15) is 22.8 Å². The molecule has 3 aromatic rings. The first kappa shape index (κ1) is 36.3. The zero-order valence-electron chi connectivity index (χ0n) is 30.5. The summed E-state index contributed by atoms with van der Waals surface area (Å²) in [5.74, 6) is 2.46. The second-order valence-corrected chi connectivity index (χ2v) is 17.1. The second kappa shape index (κ2) is 13.7. The maximum Gasteiger partial charge on any atom is 0.319 e. The summed E-state index contributed by atoms with van der Waals surface area (Å²) in [7, 11) is -0.619. The monoisotopic (exact) mass is 739 g/mol. The zero-order valence-corrected chi connectivity index (χ0v) is 31.3. The summed E-state index contributed by atoms with van der Waals surface area (Å²) in [4.78, 5) is 50.1. The van der Waals surface area contributed by atoms with E-state index >= 15 is 0 Å². The van der Waals surface area contributed by atoms with Crippen LogP contribution in [0.25, 0.3) is 22.2 Å². The predicted octanol–water partition coefficient (Wildman–Crippen LogP) is 4.69. The van der Waals surface area contributed by atoms with Crippen LogP contribution >= 0.6 is 0 Å². The fourth-order valence-corrected chi connectivity index (χ4v) is 8.71. The van der Waals surface area contributed by atoms with Crippen molar-refractivity contribution in [1.29, 1.82) is 0 Å². The van der Waals surface area contributed by atoms with Crippen molar-refractivity contribution in [3.8, 4) is 35.1 Å². The first-order chi connectivity index (χ1) is 25.3. The van der Waals surface area contributed by atoms with E-state index in [1.165, 1.54) is 4.90 Å². The highest BCUT2D eigenvalue weighted by molar-refractivity contribution is 7.91. The Kier molecular flexibility index (Phi) is 9.39. The number of fused-ring (bicyclic) bond motifs is 3. The van der Waals surface area contributed by atoms with Gasteiger partial charge in [-0.05, 0) is 76.6 Å². The number of rotatable bonds is 7. The molecule has 2 aliphatic carbocycles. The third kappa shape index (κ3) is 6.81. The highest BCUT2D eigenvalue weighted by atomic mass is 32.2. The van der Waals surface area contributed by atoms with Crippen LogP contribution in [0.2, 0.25) is 0 Å². The van der Waals surface area contributed by atoms with Gasteiger partial charge in [-0.2, -0.15) is 0 Å². The number of benzene rings is 2. The Balaban J connectivity index is 1.22. The van der Waals surface area contributed by atoms with E-state index in [2.05, 4.69) is 16.0 Å². The number of aromatic nitrogens is 1. The molecule has 0 unspecified atom stereocenters. The molecule has 2 saturated carbocycles. The fraction of sp³-hybridized carbons (Fsp3) is 0.450. The smallest absolute Gasteiger partial charge is 0.319 e. The van der Waals surface area contributed by atoms with E-state index in [1.807, 2.05) is 61.5 Å². The lowest BCUT2D eigenvalue weighted by atomic mass is 10.0. The quantitative estimate of drug-likeness (QED) is 0.262. The molecule has 4 aliphatic rings. The van der Waals surface area contributed by atoms with Gasteiger partial charge in [-0.3, -0.25) is 14.3 Å². The molecule has 13 heteroatoms. The average molecular weight is 740 g/mol. The van der Waals surface area contributed by atoms with E-state index in [0.717, 1.165) is 35.8 Å². The SMILES string of the molecule is C#Cc1cccc(-c2cc(O[C@H]3C[C@H]4C(=O)N(C)CCCC/C=C/[C@@H]5C[C@@]5(C(=O)NS(=O)(=O)C5(C)CC5)NC(=O)N4C3)c3ccc(OC)c(C)c3n2)c1. The van der Waals surface area contributed by atoms with Gasteiger partial charge in [0.1, 0.15) is 29.2 Å². The van der Waals surface area contributed by atoms with Gasteiger partial charge in [0.05, 0.1) is 29.6 Å². The molecule has 1 saturated heterocycles. The Morgan fingerprint density at radius 3 is 2.66 bits per heavy atom. The topological polar surface area (TPSA) is 147 Å².